The summed E-state index contributed by atoms with van der Waals surface area (Å²) in [6.07, 6.45) is 4.35. The maximum Gasteiger partial charge on any atom is 0.00414 e. The Morgan fingerprint density at radius 3 is 2.23 bits per heavy atom. The summed E-state index contributed by atoms with van der Waals surface area (Å²) in [4.78, 5) is 0. The van der Waals surface area contributed by atoms with Gasteiger partial charge in [0.1, 0.15) is 0 Å². The highest BCUT2D eigenvalue weighted by Gasteiger charge is 2.23. The quantitative estimate of drug-likeness (QED) is 0.667. The molecule has 1 aliphatic rings. The van der Waals surface area contributed by atoms with Gasteiger partial charge in [-0.15, -0.1) is 0 Å². The van der Waals surface area contributed by atoms with E-state index in [1.165, 1.54) is 25.8 Å². The largest absolute Gasteiger partial charge is 0.314 e. The second-order valence-electron chi connectivity index (χ2n) is 5.21. The van der Waals surface area contributed by atoms with Gasteiger partial charge < -0.3 is 5.32 Å². The summed E-state index contributed by atoms with van der Waals surface area (Å²) < 4.78 is 0. The fourth-order valence-electron chi connectivity index (χ4n) is 1.56. The molecular weight excluding hydrogens is 158 g/mol. The zero-order valence-electron chi connectivity index (χ0n) is 9.64. The molecule has 0 bridgehead atoms. The maximum atomic E-state index is 3.64. The van der Waals surface area contributed by atoms with Gasteiger partial charge in [-0.1, -0.05) is 33.6 Å². The van der Waals surface area contributed by atoms with Crippen molar-refractivity contribution in [1.29, 1.82) is 0 Å². The van der Waals surface area contributed by atoms with Gasteiger partial charge in [-0.3, -0.25) is 0 Å². The van der Waals surface area contributed by atoms with Crippen LogP contribution in [0, 0.1) is 17.8 Å². The second kappa shape index (κ2) is 4.99. The summed E-state index contributed by atoms with van der Waals surface area (Å²) >= 11 is 0. The standard InChI is InChI=1S/C12H25N/c1-9(2)10(3)8-13-11(4)7-12-5-6-12/h9-13H,5-8H2,1-4H3. The Kier molecular flexibility index (Phi) is 4.24. The Labute approximate surface area is 83.3 Å². The summed E-state index contributed by atoms with van der Waals surface area (Å²) in [5, 5.41) is 3.64. The fourth-order valence-corrected chi connectivity index (χ4v) is 1.56. The Morgan fingerprint density at radius 1 is 1.15 bits per heavy atom. The van der Waals surface area contributed by atoms with Crippen molar-refractivity contribution in [3.8, 4) is 0 Å². The van der Waals surface area contributed by atoms with Crippen molar-refractivity contribution in [1.82, 2.24) is 5.32 Å². The molecule has 1 N–H and O–H groups in total. The van der Waals surface area contributed by atoms with Crippen molar-refractivity contribution in [3.05, 3.63) is 0 Å². The van der Waals surface area contributed by atoms with Crippen LogP contribution in [0.1, 0.15) is 47.0 Å². The van der Waals surface area contributed by atoms with Crippen LogP contribution < -0.4 is 5.32 Å². The first kappa shape index (κ1) is 11.0. The average molecular weight is 183 g/mol. The molecule has 0 aliphatic heterocycles. The third kappa shape index (κ3) is 4.66. The molecular formula is C12H25N. The van der Waals surface area contributed by atoms with Gasteiger partial charge >= 0.3 is 0 Å². The summed E-state index contributed by atoms with van der Waals surface area (Å²) in [5.41, 5.74) is 0. The lowest BCUT2D eigenvalue weighted by Crippen LogP contribution is -2.32. The van der Waals surface area contributed by atoms with Crippen LogP contribution in [-0.2, 0) is 0 Å². The van der Waals surface area contributed by atoms with E-state index in [1.54, 1.807) is 0 Å². The molecule has 1 aliphatic carbocycles. The highest BCUT2D eigenvalue weighted by atomic mass is 14.9. The highest BCUT2D eigenvalue weighted by Crippen LogP contribution is 2.33. The van der Waals surface area contributed by atoms with Crippen LogP contribution in [0.25, 0.3) is 0 Å². The lowest BCUT2D eigenvalue weighted by Gasteiger charge is -2.20. The molecule has 0 aromatic heterocycles. The van der Waals surface area contributed by atoms with Crippen LogP contribution in [0.5, 0.6) is 0 Å². The SMILES string of the molecule is CC(CC1CC1)NCC(C)C(C)C. The van der Waals surface area contributed by atoms with Gasteiger partial charge in [0.15, 0.2) is 0 Å². The zero-order chi connectivity index (χ0) is 9.84. The van der Waals surface area contributed by atoms with Gasteiger partial charge in [-0.25, -0.2) is 0 Å². The molecule has 13 heavy (non-hydrogen) atoms. The molecule has 78 valence electrons. The zero-order valence-corrected chi connectivity index (χ0v) is 9.64. The van der Waals surface area contributed by atoms with Crippen molar-refractivity contribution < 1.29 is 0 Å². The third-order valence-corrected chi connectivity index (χ3v) is 3.31. The monoisotopic (exact) mass is 183 g/mol. The lowest BCUT2D eigenvalue weighted by atomic mass is 9.98. The average Bonchev–Trinajstić information content (AvgIpc) is 2.83. The van der Waals surface area contributed by atoms with E-state index in [1.807, 2.05) is 0 Å². The molecule has 0 saturated heterocycles. The van der Waals surface area contributed by atoms with Gasteiger partial charge in [-0.2, -0.15) is 0 Å². The van der Waals surface area contributed by atoms with Crippen molar-refractivity contribution >= 4 is 0 Å². The predicted molar refractivity (Wildman–Crippen MR) is 58.8 cm³/mol. The maximum absolute atomic E-state index is 3.64. The van der Waals surface area contributed by atoms with E-state index in [2.05, 4.69) is 33.0 Å². The predicted octanol–water partition coefficient (Wildman–Crippen LogP) is 3.06. The minimum atomic E-state index is 0.730. The molecule has 1 nitrogen and oxygen atoms in total. The van der Waals surface area contributed by atoms with Crippen LogP contribution >= 0.6 is 0 Å². The van der Waals surface area contributed by atoms with Crippen LogP contribution in [0.3, 0.4) is 0 Å². The minimum absolute atomic E-state index is 0.730. The van der Waals surface area contributed by atoms with E-state index in [9.17, 15) is 0 Å². The van der Waals surface area contributed by atoms with Crippen LogP contribution in [-0.4, -0.2) is 12.6 Å². The van der Waals surface area contributed by atoms with Crippen LogP contribution in [0.2, 0.25) is 0 Å². The molecule has 0 amide bonds. The lowest BCUT2D eigenvalue weighted by molar-refractivity contribution is 0.362. The Morgan fingerprint density at radius 2 is 1.77 bits per heavy atom. The van der Waals surface area contributed by atoms with Crippen molar-refractivity contribution in [2.75, 3.05) is 6.54 Å². The highest BCUT2D eigenvalue weighted by molar-refractivity contribution is 4.78. The Bertz CT molecular complexity index is 138. The summed E-state index contributed by atoms with van der Waals surface area (Å²) in [6, 6.07) is 0.730. The molecule has 2 atom stereocenters. The molecule has 1 heteroatoms. The van der Waals surface area contributed by atoms with E-state index >= 15 is 0 Å². The van der Waals surface area contributed by atoms with E-state index in [0.717, 1.165) is 23.8 Å². The van der Waals surface area contributed by atoms with Crippen LogP contribution in [0.4, 0.5) is 0 Å². The summed E-state index contributed by atoms with van der Waals surface area (Å²) in [6.45, 7) is 10.5. The second-order valence-corrected chi connectivity index (χ2v) is 5.21. The molecule has 0 heterocycles. The van der Waals surface area contributed by atoms with Gasteiger partial charge in [0.05, 0.1) is 0 Å². The number of rotatable bonds is 6. The van der Waals surface area contributed by atoms with Crippen molar-refractivity contribution in [3.63, 3.8) is 0 Å². The number of hydrogen-bond acceptors (Lipinski definition) is 1. The molecule has 2 unspecified atom stereocenters. The Hall–Kier alpha value is -0.0400. The number of nitrogens with one attached hydrogen (secondary N) is 1. The van der Waals surface area contributed by atoms with Gasteiger partial charge in [0.2, 0.25) is 0 Å². The molecule has 0 aromatic rings. The molecule has 0 aromatic carbocycles. The topological polar surface area (TPSA) is 12.0 Å². The first-order valence-electron chi connectivity index (χ1n) is 5.83. The molecule has 0 radical (unpaired) electrons. The molecule has 1 rings (SSSR count). The summed E-state index contributed by atoms with van der Waals surface area (Å²) in [7, 11) is 0. The first-order chi connectivity index (χ1) is 6.09. The van der Waals surface area contributed by atoms with E-state index in [4.69, 9.17) is 0 Å². The minimum Gasteiger partial charge on any atom is -0.314 e. The van der Waals surface area contributed by atoms with Gasteiger partial charge in [0.25, 0.3) is 0 Å². The van der Waals surface area contributed by atoms with Gasteiger partial charge in [-0.05, 0) is 37.6 Å². The third-order valence-electron chi connectivity index (χ3n) is 3.31. The first-order valence-corrected chi connectivity index (χ1v) is 5.83. The van der Waals surface area contributed by atoms with Crippen molar-refractivity contribution in [2.24, 2.45) is 17.8 Å². The fraction of sp³-hybridized carbons (Fsp3) is 1.00. The van der Waals surface area contributed by atoms with Crippen LogP contribution in [0.15, 0.2) is 0 Å². The summed E-state index contributed by atoms with van der Waals surface area (Å²) in [5.74, 6) is 2.67. The van der Waals surface area contributed by atoms with Crippen molar-refractivity contribution in [2.45, 2.75) is 53.0 Å². The molecule has 1 fully saturated rings. The Balaban J connectivity index is 2.02. The number of hydrogen-bond donors (Lipinski definition) is 1. The van der Waals surface area contributed by atoms with E-state index in [-0.39, 0.29) is 0 Å². The smallest absolute Gasteiger partial charge is 0.00414 e. The molecule has 0 spiro atoms. The van der Waals surface area contributed by atoms with E-state index < -0.39 is 0 Å². The molecule has 1 saturated carbocycles. The van der Waals surface area contributed by atoms with E-state index in [0.29, 0.717) is 0 Å². The normalized spacial score (nSPS) is 21.9. The van der Waals surface area contributed by atoms with Gasteiger partial charge in [0, 0.05) is 6.04 Å².